The van der Waals surface area contributed by atoms with Gasteiger partial charge in [0.05, 0.1) is 6.26 Å². The summed E-state index contributed by atoms with van der Waals surface area (Å²) in [6.07, 6.45) is 0.966. The van der Waals surface area contributed by atoms with Gasteiger partial charge in [0.2, 0.25) is 10.0 Å². The fraction of sp³-hybridized carbons (Fsp3) is 0.500. The molecule has 0 heterocycles. The van der Waals surface area contributed by atoms with Crippen LogP contribution in [0.2, 0.25) is 0 Å². The van der Waals surface area contributed by atoms with Crippen LogP contribution >= 0.6 is 0 Å². The van der Waals surface area contributed by atoms with Gasteiger partial charge in [0.1, 0.15) is 0 Å². The van der Waals surface area contributed by atoms with Crippen LogP contribution in [0.3, 0.4) is 0 Å². The van der Waals surface area contributed by atoms with Crippen molar-refractivity contribution in [3.63, 3.8) is 0 Å². The van der Waals surface area contributed by atoms with Crippen molar-refractivity contribution in [2.24, 2.45) is 0 Å². The van der Waals surface area contributed by atoms with E-state index in [0.29, 0.717) is 4.31 Å². The lowest BCUT2D eigenvalue weighted by Gasteiger charge is -2.13. The van der Waals surface area contributed by atoms with Gasteiger partial charge < -0.3 is 0 Å². The summed E-state index contributed by atoms with van der Waals surface area (Å²) in [5, 5.41) is 0. The van der Waals surface area contributed by atoms with E-state index in [1.807, 2.05) is 0 Å². The molecule has 0 aliphatic heterocycles. The lowest BCUT2D eigenvalue weighted by molar-refractivity contribution is -0.121. The van der Waals surface area contributed by atoms with Crippen LogP contribution in [0.4, 0.5) is 0 Å². The van der Waals surface area contributed by atoms with Gasteiger partial charge in [-0.25, -0.2) is 12.7 Å². The maximum atomic E-state index is 10.9. The van der Waals surface area contributed by atoms with Gasteiger partial charge in [-0.15, -0.1) is 0 Å². The summed E-state index contributed by atoms with van der Waals surface area (Å²) < 4.78 is 22.1. The summed E-state index contributed by atoms with van der Waals surface area (Å²) >= 11 is 0. The minimum atomic E-state index is -3.42. The molecule has 0 rings (SSSR count). The monoisotopic (exact) mass is 177 g/mol. The van der Waals surface area contributed by atoms with E-state index in [0.717, 1.165) is 6.26 Å². The minimum absolute atomic E-state index is 0.206. The Morgan fingerprint density at radius 3 is 1.91 bits per heavy atom. The van der Waals surface area contributed by atoms with E-state index in [2.05, 4.69) is 6.58 Å². The Hall–Kier alpha value is -0.840. The maximum Gasteiger partial charge on any atom is 0.262 e. The molecule has 0 aliphatic rings. The standard InChI is InChI=1S/C6H11NO3S/c1-5(2)6(8)7(3)11(4,9)10/h1H2,2-4H3. The van der Waals surface area contributed by atoms with Crippen molar-refractivity contribution in [2.75, 3.05) is 13.3 Å². The average molecular weight is 177 g/mol. The van der Waals surface area contributed by atoms with Crippen molar-refractivity contribution < 1.29 is 13.2 Å². The highest BCUT2D eigenvalue weighted by Gasteiger charge is 2.17. The molecule has 0 saturated carbocycles. The highest BCUT2D eigenvalue weighted by molar-refractivity contribution is 7.88. The first-order valence-corrected chi connectivity index (χ1v) is 4.75. The first-order valence-electron chi connectivity index (χ1n) is 2.90. The zero-order valence-electron chi connectivity index (χ0n) is 6.79. The molecule has 0 fully saturated rings. The van der Waals surface area contributed by atoms with Gasteiger partial charge in [0.15, 0.2) is 0 Å². The van der Waals surface area contributed by atoms with Crippen LogP contribution in [0.5, 0.6) is 0 Å². The Labute approximate surface area is 66.6 Å². The third-order valence-electron chi connectivity index (χ3n) is 1.15. The predicted octanol–water partition coefficient (Wildman–Crippen LogP) is -0.0195. The largest absolute Gasteiger partial charge is 0.268 e. The molecule has 4 nitrogen and oxygen atoms in total. The second-order valence-corrected chi connectivity index (χ2v) is 4.33. The van der Waals surface area contributed by atoms with Crippen LogP contribution in [0.1, 0.15) is 6.92 Å². The Morgan fingerprint density at radius 1 is 1.45 bits per heavy atom. The molecule has 0 atom stereocenters. The maximum absolute atomic E-state index is 10.9. The Kier molecular flexibility index (Phi) is 2.81. The van der Waals surface area contributed by atoms with Crippen LogP contribution in [-0.2, 0) is 14.8 Å². The number of amides is 1. The molecule has 0 aromatic carbocycles. The number of sulfonamides is 1. The summed E-state index contributed by atoms with van der Waals surface area (Å²) in [6, 6.07) is 0. The summed E-state index contributed by atoms with van der Waals surface area (Å²) in [5.41, 5.74) is 0.206. The second kappa shape index (κ2) is 3.04. The first-order chi connectivity index (χ1) is 4.76. The minimum Gasteiger partial charge on any atom is -0.268 e. The van der Waals surface area contributed by atoms with Gasteiger partial charge in [0.25, 0.3) is 5.91 Å². The van der Waals surface area contributed by atoms with Crippen LogP contribution in [0.15, 0.2) is 12.2 Å². The smallest absolute Gasteiger partial charge is 0.262 e. The molecule has 5 heteroatoms. The molecule has 0 bridgehead atoms. The zero-order valence-corrected chi connectivity index (χ0v) is 7.60. The van der Waals surface area contributed by atoms with E-state index in [9.17, 15) is 13.2 Å². The van der Waals surface area contributed by atoms with Crippen molar-refractivity contribution in [3.05, 3.63) is 12.2 Å². The molecule has 0 aromatic rings. The van der Waals surface area contributed by atoms with Crippen LogP contribution in [-0.4, -0.2) is 31.9 Å². The number of nitrogens with zero attached hydrogens (tertiary/aromatic N) is 1. The van der Waals surface area contributed by atoms with Crippen LogP contribution in [0, 0.1) is 0 Å². The number of carbonyl (C=O) groups is 1. The number of hydrogen-bond acceptors (Lipinski definition) is 3. The van der Waals surface area contributed by atoms with Crippen LogP contribution < -0.4 is 0 Å². The van der Waals surface area contributed by atoms with Crippen LogP contribution in [0.25, 0.3) is 0 Å². The molecule has 0 aliphatic carbocycles. The third-order valence-corrected chi connectivity index (χ3v) is 2.31. The molecule has 11 heavy (non-hydrogen) atoms. The lowest BCUT2D eigenvalue weighted by Crippen LogP contribution is -2.32. The molecule has 0 saturated heterocycles. The normalized spacial score (nSPS) is 10.8. The zero-order chi connectivity index (χ0) is 9.23. The van der Waals surface area contributed by atoms with Gasteiger partial charge in [-0.3, -0.25) is 4.79 Å². The summed E-state index contributed by atoms with van der Waals surface area (Å²) in [4.78, 5) is 10.9. The molecule has 0 radical (unpaired) electrons. The third kappa shape index (κ3) is 2.71. The van der Waals surface area contributed by atoms with E-state index in [4.69, 9.17) is 0 Å². The number of likely N-dealkylation sites (N-methyl/N-ethyl adjacent to an activating group) is 1. The summed E-state index contributed by atoms with van der Waals surface area (Å²) in [5.74, 6) is -0.576. The van der Waals surface area contributed by atoms with Gasteiger partial charge >= 0.3 is 0 Å². The second-order valence-electron chi connectivity index (χ2n) is 2.32. The molecule has 1 amide bonds. The van der Waals surface area contributed by atoms with E-state index in [1.54, 1.807) is 0 Å². The molecule has 0 aromatic heterocycles. The highest BCUT2D eigenvalue weighted by Crippen LogP contribution is 2.00. The predicted molar refractivity (Wildman–Crippen MR) is 42.4 cm³/mol. The fourth-order valence-electron chi connectivity index (χ4n) is 0.419. The SMILES string of the molecule is C=C(C)C(=O)N(C)S(C)(=O)=O. The van der Waals surface area contributed by atoms with Gasteiger partial charge in [-0.05, 0) is 6.92 Å². The Balaban J connectivity index is 4.66. The Bertz CT molecular complexity index is 278. The van der Waals surface area contributed by atoms with Crippen molar-refractivity contribution in [1.29, 1.82) is 0 Å². The average Bonchev–Trinajstić information content (AvgIpc) is 1.82. The van der Waals surface area contributed by atoms with Gasteiger partial charge in [0, 0.05) is 12.6 Å². The van der Waals surface area contributed by atoms with Crippen molar-refractivity contribution in [2.45, 2.75) is 6.92 Å². The van der Waals surface area contributed by atoms with E-state index in [-0.39, 0.29) is 5.57 Å². The fourth-order valence-corrected chi connectivity index (χ4v) is 0.876. The van der Waals surface area contributed by atoms with E-state index in [1.165, 1.54) is 14.0 Å². The molecule has 0 spiro atoms. The van der Waals surface area contributed by atoms with E-state index < -0.39 is 15.9 Å². The van der Waals surface area contributed by atoms with E-state index >= 15 is 0 Å². The first kappa shape index (κ1) is 10.2. The van der Waals surface area contributed by atoms with Crippen molar-refractivity contribution in [1.82, 2.24) is 4.31 Å². The lowest BCUT2D eigenvalue weighted by atomic mass is 10.3. The van der Waals surface area contributed by atoms with Crippen molar-refractivity contribution in [3.8, 4) is 0 Å². The topological polar surface area (TPSA) is 54.5 Å². The molecular formula is C6H11NO3S. The number of carbonyl (C=O) groups excluding carboxylic acids is 1. The molecule has 0 N–H and O–H groups in total. The highest BCUT2D eigenvalue weighted by atomic mass is 32.2. The molecule has 0 unspecified atom stereocenters. The summed E-state index contributed by atoms with van der Waals surface area (Å²) in [7, 11) is -2.22. The van der Waals surface area contributed by atoms with Gasteiger partial charge in [-0.1, -0.05) is 6.58 Å². The quantitative estimate of drug-likeness (QED) is 0.557. The summed E-state index contributed by atoms with van der Waals surface area (Å²) in [6.45, 7) is 4.80. The van der Waals surface area contributed by atoms with Crippen molar-refractivity contribution >= 4 is 15.9 Å². The molecule has 64 valence electrons. The number of hydrogen-bond donors (Lipinski definition) is 0. The molecular weight excluding hydrogens is 166 g/mol. The number of rotatable bonds is 2. The van der Waals surface area contributed by atoms with Gasteiger partial charge in [-0.2, -0.15) is 0 Å². The Morgan fingerprint density at radius 2 is 1.82 bits per heavy atom.